The minimum atomic E-state index is -3.66. The third-order valence-corrected chi connectivity index (χ3v) is 8.54. The molecule has 3 rings (SSSR count). The summed E-state index contributed by atoms with van der Waals surface area (Å²) in [6, 6.07) is 15.0. The Morgan fingerprint density at radius 2 is 1.52 bits per heavy atom. The van der Waals surface area contributed by atoms with Gasteiger partial charge in [-0.1, -0.05) is 48.0 Å². The minimum absolute atomic E-state index is 0.0212. The molecule has 0 aliphatic carbocycles. The second kappa shape index (κ2) is 9.66. The Balaban J connectivity index is 1.65. The maximum atomic E-state index is 12.8. The highest BCUT2D eigenvalue weighted by Gasteiger charge is 2.31. The Labute approximate surface area is 188 Å². The lowest BCUT2D eigenvalue weighted by atomic mass is 10.2. The number of nitrogens with zero attached hydrogens (tertiary/aromatic N) is 3. The molecule has 0 spiro atoms. The molecular weight excluding hydrogens is 462 g/mol. The highest BCUT2D eigenvalue weighted by Crippen LogP contribution is 2.20. The summed E-state index contributed by atoms with van der Waals surface area (Å²) >= 11 is 6.13. The monoisotopic (exact) mass is 485 g/mol. The van der Waals surface area contributed by atoms with E-state index in [9.17, 15) is 21.6 Å². The van der Waals surface area contributed by atoms with Gasteiger partial charge in [0.25, 0.3) is 0 Å². The van der Waals surface area contributed by atoms with E-state index in [-0.39, 0.29) is 50.1 Å². The fourth-order valence-electron chi connectivity index (χ4n) is 3.28. The number of carbonyl (C=O) groups is 1. The predicted octanol–water partition coefficient (Wildman–Crippen LogP) is 1.63. The van der Waals surface area contributed by atoms with Crippen molar-refractivity contribution in [1.29, 1.82) is 0 Å². The van der Waals surface area contributed by atoms with Crippen molar-refractivity contribution in [1.82, 2.24) is 13.5 Å². The third-order valence-electron chi connectivity index (χ3n) is 5.06. The van der Waals surface area contributed by atoms with Gasteiger partial charge >= 0.3 is 0 Å². The zero-order valence-corrected chi connectivity index (χ0v) is 19.4. The minimum Gasteiger partial charge on any atom is -0.339 e. The Hall–Kier alpha value is -1.98. The molecule has 0 aromatic heterocycles. The first kappa shape index (κ1) is 23.7. The van der Waals surface area contributed by atoms with Gasteiger partial charge in [-0.05, 0) is 23.8 Å². The van der Waals surface area contributed by atoms with Gasteiger partial charge in [-0.15, -0.1) is 0 Å². The van der Waals surface area contributed by atoms with Crippen LogP contribution >= 0.6 is 11.6 Å². The topological polar surface area (TPSA) is 95.1 Å². The van der Waals surface area contributed by atoms with Gasteiger partial charge in [0.15, 0.2) is 0 Å². The van der Waals surface area contributed by atoms with Crippen molar-refractivity contribution >= 4 is 37.6 Å². The molecule has 1 heterocycles. The highest BCUT2D eigenvalue weighted by molar-refractivity contribution is 7.89. The van der Waals surface area contributed by atoms with Crippen molar-refractivity contribution in [3.05, 3.63) is 65.2 Å². The van der Waals surface area contributed by atoms with Gasteiger partial charge in [0, 0.05) is 37.7 Å². The van der Waals surface area contributed by atoms with Crippen molar-refractivity contribution in [2.24, 2.45) is 0 Å². The lowest BCUT2D eigenvalue weighted by molar-refractivity contribution is -0.132. The Kier molecular flexibility index (Phi) is 7.38. The van der Waals surface area contributed by atoms with Crippen LogP contribution in [0.2, 0.25) is 5.02 Å². The van der Waals surface area contributed by atoms with Crippen LogP contribution in [0.25, 0.3) is 0 Å². The number of hydrogen-bond acceptors (Lipinski definition) is 5. The lowest BCUT2D eigenvalue weighted by Crippen LogP contribution is -2.52. The van der Waals surface area contributed by atoms with Crippen LogP contribution in [-0.4, -0.2) is 75.2 Å². The fraction of sp³-hybridized carbons (Fsp3) is 0.350. The number of hydrogen-bond donors (Lipinski definition) is 0. The second-order valence-electron chi connectivity index (χ2n) is 7.22. The Morgan fingerprint density at radius 1 is 0.935 bits per heavy atom. The van der Waals surface area contributed by atoms with Crippen molar-refractivity contribution in [2.45, 2.75) is 11.4 Å². The van der Waals surface area contributed by atoms with Crippen LogP contribution in [-0.2, 0) is 31.4 Å². The highest BCUT2D eigenvalue weighted by atomic mass is 35.5. The average Bonchev–Trinajstić information content (AvgIpc) is 2.74. The molecule has 8 nitrogen and oxygen atoms in total. The molecule has 1 aliphatic heterocycles. The van der Waals surface area contributed by atoms with E-state index in [1.807, 2.05) is 0 Å². The molecule has 1 aliphatic rings. The van der Waals surface area contributed by atoms with E-state index in [0.29, 0.717) is 10.6 Å². The first-order valence-electron chi connectivity index (χ1n) is 9.60. The largest absolute Gasteiger partial charge is 0.339 e. The van der Waals surface area contributed by atoms with Crippen molar-refractivity contribution in [3.63, 3.8) is 0 Å². The summed E-state index contributed by atoms with van der Waals surface area (Å²) in [5.41, 5.74) is 0.598. The molecule has 1 fully saturated rings. The Morgan fingerprint density at radius 3 is 2.10 bits per heavy atom. The summed E-state index contributed by atoms with van der Waals surface area (Å²) < 4.78 is 52.3. The number of halogens is 1. The van der Waals surface area contributed by atoms with Crippen LogP contribution < -0.4 is 0 Å². The molecule has 11 heteroatoms. The predicted molar refractivity (Wildman–Crippen MR) is 118 cm³/mol. The standard InChI is InChI=1S/C20H24ClN3O5S2/c1-30(26,27)24(15-17-7-5-6-10-19(17)21)16-20(25)22-11-13-23(14-12-22)31(28,29)18-8-3-2-4-9-18/h2-10H,11-16H2,1H3. The summed E-state index contributed by atoms with van der Waals surface area (Å²) in [5.74, 6) is -0.380. The van der Waals surface area contributed by atoms with Crippen LogP contribution in [0.5, 0.6) is 0 Å². The normalized spacial score (nSPS) is 15.9. The van der Waals surface area contributed by atoms with Crippen LogP contribution in [0.4, 0.5) is 0 Å². The first-order chi connectivity index (χ1) is 14.6. The number of piperazine rings is 1. The molecule has 0 bridgehead atoms. The van der Waals surface area contributed by atoms with Gasteiger partial charge in [-0.25, -0.2) is 16.8 Å². The SMILES string of the molecule is CS(=O)(=O)N(CC(=O)N1CCN(S(=O)(=O)c2ccccc2)CC1)Cc1ccccc1Cl. The van der Waals surface area contributed by atoms with E-state index in [0.717, 1.165) is 10.6 Å². The summed E-state index contributed by atoms with van der Waals surface area (Å²) in [5, 5.41) is 0.420. The zero-order chi connectivity index (χ0) is 22.6. The van der Waals surface area contributed by atoms with Crippen LogP contribution in [0.15, 0.2) is 59.5 Å². The molecule has 2 aromatic carbocycles. The molecule has 0 saturated carbocycles. The summed E-state index contributed by atoms with van der Waals surface area (Å²) in [6.45, 7) is 0.310. The number of rotatable bonds is 7. The maximum absolute atomic E-state index is 12.8. The molecule has 2 aromatic rings. The molecule has 31 heavy (non-hydrogen) atoms. The van der Waals surface area contributed by atoms with Gasteiger partial charge < -0.3 is 4.90 Å². The van der Waals surface area contributed by atoms with Gasteiger partial charge in [0.05, 0.1) is 17.7 Å². The van der Waals surface area contributed by atoms with Crippen LogP contribution in [0.3, 0.4) is 0 Å². The molecule has 0 N–H and O–H groups in total. The molecule has 0 unspecified atom stereocenters. The van der Waals surface area contributed by atoms with E-state index in [1.54, 1.807) is 42.5 Å². The van der Waals surface area contributed by atoms with Gasteiger partial charge in [0.1, 0.15) is 0 Å². The fourth-order valence-corrected chi connectivity index (χ4v) is 5.63. The Bertz CT molecular complexity index is 1130. The lowest BCUT2D eigenvalue weighted by Gasteiger charge is -2.35. The molecule has 1 amide bonds. The van der Waals surface area contributed by atoms with E-state index in [2.05, 4.69) is 0 Å². The second-order valence-corrected chi connectivity index (χ2v) is 11.5. The first-order valence-corrected chi connectivity index (χ1v) is 13.3. The average molecular weight is 486 g/mol. The molecular formula is C20H24ClN3O5S2. The molecule has 0 atom stereocenters. The van der Waals surface area contributed by atoms with Crippen molar-refractivity contribution < 1.29 is 21.6 Å². The number of benzene rings is 2. The van der Waals surface area contributed by atoms with Crippen molar-refractivity contribution in [3.8, 4) is 0 Å². The maximum Gasteiger partial charge on any atom is 0.243 e. The third kappa shape index (κ3) is 5.83. The van der Waals surface area contributed by atoms with Gasteiger partial charge in [-0.2, -0.15) is 8.61 Å². The number of sulfonamides is 2. The number of carbonyl (C=O) groups excluding carboxylic acids is 1. The summed E-state index contributed by atoms with van der Waals surface area (Å²) in [4.78, 5) is 14.5. The summed E-state index contributed by atoms with van der Waals surface area (Å²) in [7, 11) is -7.29. The van der Waals surface area contributed by atoms with E-state index in [4.69, 9.17) is 11.6 Å². The molecule has 1 saturated heterocycles. The molecule has 168 valence electrons. The van der Waals surface area contributed by atoms with Gasteiger partial charge in [0.2, 0.25) is 26.0 Å². The van der Waals surface area contributed by atoms with Crippen LogP contribution in [0, 0.1) is 0 Å². The summed E-state index contributed by atoms with van der Waals surface area (Å²) in [6.07, 6.45) is 1.04. The smallest absolute Gasteiger partial charge is 0.243 e. The van der Waals surface area contributed by atoms with Crippen molar-refractivity contribution in [2.75, 3.05) is 39.0 Å². The van der Waals surface area contributed by atoms with Crippen LogP contribution in [0.1, 0.15) is 5.56 Å². The van der Waals surface area contributed by atoms with Gasteiger partial charge in [-0.3, -0.25) is 4.79 Å². The van der Waals surface area contributed by atoms with E-state index in [1.165, 1.54) is 21.3 Å². The quantitative estimate of drug-likeness (QED) is 0.594. The zero-order valence-electron chi connectivity index (χ0n) is 17.0. The van der Waals surface area contributed by atoms with E-state index < -0.39 is 20.0 Å². The number of amides is 1. The molecule has 0 radical (unpaired) electrons. The van der Waals surface area contributed by atoms with E-state index >= 15 is 0 Å².